The van der Waals surface area contributed by atoms with E-state index in [2.05, 4.69) is 20.8 Å². The van der Waals surface area contributed by atoms with Crippen LogP contribution in [0.4, 0.5) is 0 Å². The smallest absolute Gasteiger partial charge is 0.306 e. The van der Waals surface area contributed by atoms with Gasteiger partial charge in [0.05, 0.1) is 5.92 Å². The van der Waals surface area contributed by atoms with Gasteiger partial charge < -0.3 is 5.11 Å². The number of hydrogen-bond donors (Lipinski definition) is 1. The Morgan fingerprint density at radius 1 is 0.800 bits per heavy atom. The van der Waals surface area contributed by atoms with E-state index in [1.807, 2.05) is 0 Å². The molecule has 0 aromatic rings. The topological polar surface area (TPSA) is 37.3 Å². The standard InChI is InChI=1S/C18H36O2/c1-4-7-9-11-14-17(18(19)20)15-16(12-6-3)13-10-8-5-2/h16-17H,4-15H2,1-3H3,(H,19,20). The van der Waals surface area contributed by atoms with Gasteiger partial charge in [0.1, 0.15) is 0 Å². The van der Waals surface area contributed by atoms with Crippen LogP contribution in [0.1, 0.15) is 97.8 Å². The van der Waals surface area contributed by atoms with Crippen molar-refractivity contribution in [3.05, 3.63) is 0 Å². The number of carbonyl (C=O) groups is 1. The molecule has 2 atom stereocenters. The molecule has 0 saturated carbocycles. The fourth-order valence-corrected chi connectivity index (χ4v) is 3.03. The molecule has 0 heterocycles. The van der Waals surface area contributed by atoms with Crippen molar-refractivity contribution >= 4 is 5.97 Å². The quantitative estimate of drug-likeness (QED) is 0.394. The molecule has 2 heteroatoms. The highest BCUT2D eigenvalue weighted by molar-refractivity contribution is 5.69. The van der Waals surface area contributed by atoms with Gasteiger partial charge in [-0.2, -0.15) is 0 Å². The van der Waals surface area contributed by atoms with Gasteiger partial charge in [-0.1, -0.05) is 85.0 Å². The third-order valence-electron chi connectivity index (χ3n) is 4.29. The van der Waals surface area contributed by atoms with Gasteiger partial charge in [0.15, 0.2) is 0 Å². The van der Waals surface area contributed by atoms with Crippen LogP contribution < -0.4 is 0 Å². The van der Waals surface area contributed by atoms with Crippen molar-refractivity contribution in [3.63, 3.8) is 0 Å². The van der Waals surface area contributed by atoms with E-state index in [0.717, 1.165) is 19.3 Å². The minimum atomic E-state index is -0.571. The molecule has 2 unspecified atom stereocenters. The molecule has 2 nitrogen and oxygen atoms in total. The van der Waals surface area contributed by atoms with Crippen LogP contribution in [0.3, 0.4) is 0 Å². The van der Waals surface area contributed by atoms with E-state index in [-0.39, 0.29) is 5.92 Å². The van der Waals surface area contributed by atoms with Crippen LogP contribution in [0.5, 0.6) is 0 Å². The zero-order valence-corrected chi connectivity index (χ0v) is 14.0. The Morgan fingerprint density at radius 3 is 1.95 bits per heavy atom. The zero-order valence-electron chi connectivity index (χ0n) is 14.0. The Labute approximate surface area is 126 Å². The van der Waals surface area contributed by atoms with Crippen LogP contribution in [0.15, 0.2) is 0 Å². The second-order valence-electron chi connectivity index (χ2n) is 6.27. The lowest BCUT2D eigenvalue weighted by atomic mass is 9.85. The predicted octanol–water partition coefficient (Wildman–Crippen LogP) is 6.04. The monoisotopic (exact) mass is 284 g/mol. The van der Waals surface area contributed by atoms with Gasteiger partial charge in [-0.25, -0.2) is 0 Å². The molecule has 0 aliphatic heterocycles. The molecule has 0 aliphatic carbocycles. The van der Waals surface area contributed by atoms with Crippen molar-refractivity contribution in [3.8, 4) is 0 Å². The normalized spacial score (nSPS) is 14.2. The minimum Gasteiger partial charge on any atom is -0.481 e. The first kappa shape index (κ1) is 19.5. The van der Waals surface area contributed by atoms with Gasteiger partial charge >= 0.3 is 5.97 Å². The summed E-state index contributed by atoms with van der Waals surface area (Å²) in [5, 5.41) is 9.42. The molecule has 1 N–H and O–H groups in total. The van der Waals surface area contributed by atoms with Crippen LogP contribution in [-0.4, -0.2) is 11.1 Å². The molecule has 0 fully saturated rings. The molecular weight excluding hydrogens is 248 g/mol. The average Bonchev–Trinajstić information content (AvgIpc) is 2.42. The lowest BCUT2D eigenvalue weighted by Crippen LogP contribution is -2.18. The molecule has 0 aromatic carbocycles. The fourth-order valence-electron chi connectivity index (χ4n) is 3.03. The first-order valence-corrected chi connectivity index (χ1v) is 8.88. The Bertz CT molecular complexity index is 225. The Kier molecular flexibility index (Phi) is 13.1. The highest BCUT2D eigenvalue weighted by Gasteiger charge is 2.21. The van der Waals surface area contributed by atoms with E-state index in [9.17, 15) is 9.90 Å². The maximum Gasteiger partial charge on any atom is 0.306 e. The lowest BCUT2D eigenvalue weighted by Gasteiger charge is -2.21. The molecule has 0 bridgehead atoms. The van der Waals surface area contributed by atoms with E-state index in [1.165, 1.54) is 57.8 Å². The summed E-state index contributed by atoms with van der Waals surface area (Å²) >= 11 is 0. The molecule has 0 rings (SSSR count). The van der Waals surface area contributed by atoms with Crippen LogP contribution in [-0.2, 0) is 4.79 Å². The largest absolute Gasteiger partial charge is 0.481 e. The molecular formula is C18H36O2. The Hall–Kier alpha value is -0.530. The molecule has 0 saturated heterocycles. The third kappa shape index (κ3) is 10.3. The summed E-state index contributed by atoms with van der Waals surface area (Å²) in [5.41, 5.74) is 0. The van der Waals surface area contributed by atoms with E-state index in [4.69, 9.17) is 0 Å². The van der Waals surface area contributed by atoms with Crippen molar-refractivity contribution in [1.29, 1.82) is 0 Å². The summed E-state index contributed by atoms with van der Waals surface area (Å²) in [5.74, 6) is -0.0537. The highest BCUT2D eigenvalue weighted by atomic mass is 16.4. The third-order valence-corrected chi connectivity index (χ3v) is 4.29. The van der Waals surface area contributed by atoms with Crippen LogP contribution in [0, 0.1) is 11.8 Å². The van der Waals surface area contributed by atoms with Gasteiger partial charge in [-0.3, -0.25) is 4.79 Å². The summed E-state index contributed by atoms with van der Waals surface area (Å²) in [7, 11) is 0. The average molecular weight is 284 g/mol. The first-order valence-electron chi connectivity index (χ1n) is 8.88. The van der Waals surface area contributed by atoms with E-state index in [0.29, 0.717) is 5.92 Å². The minimum absolute atomic E-state index is 0.106. The summed E-state index contributed by atoms with van der Waals surface area (Å²) in [6, 6.07) is 0. The maximum atomic E-state index is 11.4. The van der Waals surface area contributed by atoms with Crippen molar-refractivity contribution < 1.29 is 9.90 Å². The molecule has 0 radical (unpaired) electrons. The number of aliphatic carboxylic acids is 1. The highest BCUT2D eigenvalue weighted by Crippen LogP contribution is 2.26. The lowest BCUT2D eigenvalue weighted by molar-refractivity contribution is -0.142. The number of carboxylic acid groups (broad SMARTS) is 1. The van der Waals surface area contributed by atoms with E-state index in [1.54, 1.807) is 0 Å². The van der Waals surface area contributed by atoms with Crippen molar-refractivity contribution in [2.75, 3.05) is 0 Å². The molecule has 0 spiro atoms. The number of unbranched alkanes of at least 4 members (excludes halogenated alkanes) is 5. The SMILES string of the molecule is CCCCCCC(CC(CCC)CCCCC)C(=O)O. The number of rotatable bonds is 14. The second-order valence-corrected chi connectivity index (χ2v) is 6.27. The van der Waals surface area contributed by atoms with Gasteiger partial charge in [-0.05, 0) is 18.8 Å². The maximum absolute atomic E-state index is 11.4. The number of hydrogen-bond acceptors (Lipinski definition) is 1. The summed E-state index contributed by atoms with van der Waals surface area (Å²) < 4.78 is 0. The predicted molar refractivity (Wildman–Crippen MR) is 87.0 cm³/mol. The Balaban J connectivity index is 4.16. The molecule has 120 valence electrons. The summed E-state index contributed by atoms with van der Waals surface area (Å²) in [6.45, 7) is 6.63. The second kappa shape index (κ2) is 13.5. The van der Waals surface area contributed by atoms with Gasteiger partial charge in [0.25, 0.3) is 0 Å². The van der Waals surface area contributed by atoms with Crippen molar-refractivity contribution in [1.82, 2.24) is 0 Å². The molecule has 0 amide bonds. The molecule has 20 heavy (non-hydrogen) atoms. The van der Waals surface area contributed by atoms with Gasteiger partial charge in [-0.15, -0.1) is 0 Å². The number of carboxylic acids is 1. The van der Waals surface area contributed by atoms with E-state index < -0.39 is 5.97 Å². The summed E-state index contributed by atoms with van der Waals surface area (Å²) in [4.78, 5) is 11.4. The summed E-state index contributed by atoms with van der Waals surface area (Å²) in [6.07, 6.45) is 13.9. The zero-order chi connectivity index (χ0) is 15.2. The molecule has 0 aromatic heterocycles. The van der Waals surface area contributed by atoms with Crippen LogP contribution in [0.25, 0.3) is 0 Å². The van der Waals surface area contributed by atoms with Crippen LogP contribution >= 0.6 is 0 Å². The van der Waals surface area contributed by atoms with Crippen molar-refractivity contribution in [2.24, 2.45) is 11.8 Å². The van der Waals surface area contributed by atoms with Crippen molar-refractivity contribution in [2.45, 2.75) is 97.8 Å². The first-order chi connectivity index (χ1) is 9.65. The Morgan fingerprint density at radius 2 is 1.40 bits per heavy atom. The molecule has 0 aliphatic rings. The van der Waals surface area contributed by atoms with Gasteiger partial charge in [0, 0.05) is 0 Å². The van der Waals surface area contributed by atoms with Crippen LogP contribution in [0.2, 0.25) is 0 Å². The van der Waals surface area contributed by atoms with Gasteiger partial charge in [0.2, 0.25) is 0 Å². The fraction of sp³-hybridized carbons (Fsp3) is 0.944. The van der Waals surface area contributed by atoms with E-state index >= 15 is 0 Å².